The zero-order valence-corrected chi connectivity index (χ0v) is 17.7. The van der Waals surface area contributed by atoms with E-state index in [9.17, 15) is 13.2 Å². The molecule has 8 nitrogen and oxygen atoms in total. The lowest BCUT2D eigenvalue weighted by Gasteiger charge is -2.20. The Morgan fingerprint density at radius 1 is 1.25 bits per heavy atom. The minimum absolute atomic E-state index is 0.156. The predicted octanol–water partition coefficient (Wildman–Crippen LogP) is 2.55. The maximum Gasteiger partial charge on any atom is 0.244 e. The van der Waals surface area contributed by atoms with E-state index in [1.165, 1.54) is 6.92 Å². The van der Waals surface area contributed by atoms with Gasteiger partial charge in [0.25, 0.3) is 0 Å². The molecule has 2 rings (SSSR count). The number of nitrogens with one attached hydrogen (secondary N) is 2. The second-order valence-electron chi connectivity index (χ2n) is 6.71. The lowest BCUT2D eigenvalue weighted by atomic mass is 10.0. The Hall–Kier alpha value is -2.52. The standard InChI is InChI=1S/C19H27N5O3S/c1-6-7-9-22-28(26,27)18-13(2)16(12-21-19(18)24(4)5)15-8-10-20-17(11-15)23-14(3)25/h8,10-12,22H,6-7,9H2,1-5H3,(H,20,23,25). The monoisotopic (exact) mass is 405 g/mol. The normalized spacial score (nSPS) is 11.3. The summed E-state index contributed by atoms with van der Waals surface area (Å²) in [5.74, 6) is 0.541. The Morgan fingerprint density at radius 3 is 2.57 bits per heavy atom. The SMILES string of the molecule is CCCCNS(=O)(=O)c1c(N(C)C)ncc(-c2ccnc(NC(C)=O)c2)c1C. The van der Waals surface area contributed by atoms with Crippen LogP contribution < -0.4 is 14.9 Å². The number of anilines is 2. The van der Waals surface area contributed by atoms with E-state index >= 15 is 0 Å². The molecule has 2 aromatic rings. The predicted molar refractivity (Wildman–Crippen MR) is 111 cm³/mol. The number of hydrogen-bond acceptors (Lipinski definition) is 6. The third kappa shape index (κ3) is 5.05. The maximum absolute atomic E-state index is 13.0. The van der Waals surface area contributed by atoms with Gasteiger partial charge in [0.15, 0.2) is 0 Å². The number of unbranched alkanes of at least 4 members (excludes halogenated alkanes) is 1. The molecule has 0 aromatic carbocycles. The molecule has 0 saturated heterocycles. The number of hydrogen-bond donors (Lipinski definition) is 2. The van der Waals surface area contributed by atoms with Crippen LogP contribution in [0.5, 0.6) is 0 Å². The fourth-order valence-electron chi connectivity index (χ4n) is 2.80. The summed E-state index contributed by atoms with van der Waals surface area (Å²) < 4.78 is 28.7. The molecule has 2 heterocycles. The van der Waals surface area contributed by atoms with Crippen LogP contribution in [-0.4, -0.2) is 44.9 Å². The quantitative estimate of drug-likeness (QED) is 0.654. The van der Waals surface area contributed by atoms with Gasteiger partial charge in [-0.1, -0.05) is 13.3 Å². The van der Waals surface area contributed by atoms with Gasteiger partial charge in [0.2, 0.25) is 15.9 Å². The van der Waals surface area contributed by atoms with Gasteiger partial charge >= 0.3 is 0 Å². The van der Waals surface area contributed by atoms with Crippen molar-refractivity contribution in [3.8, 4) is 11.1 Å². The number of aromatic nitrogens is 2. The van der Waals surface area contributed by atoms with Crippen molar-refractivity contribution in [2.75, 3.05) is 30.9 Å². The fourth-order valence-corrected chi connectivity index (χ4v) is 4.35. The van der Waals surface area contributed by atoms with Gasteiger partial charge in [-0.15, -0.1) is 0 Å². The van der Waals surface area contributed by atoms with Crippen LogP contribution in [0.2, 0.25) is 0 Å². The van der Waals surface area contributed by atoms with Crippen LogP contribution in [0.1, 0.15) is 32.3 Å². The summed E-state index contributed by atoms with van der Waals surface area (Å²) in [5, 5.41) is 2.63. The summed E-state index contributed by atoms with van der Waals surface area (Å²) in [6, 6.07) is 3.45. The van der Waals surface area contributed by atoms with E-state index in [-0.39, 0.29) is 10.8 Å². The van der Waals surface area contributed by atoms with Crippen molar-refractivity contribution >= 4 is 27.6 Å². The Kier molecular flexibility index (Phi) is 7.09. The third-order valence-electron chi connectivity index (χ3n) is 4.15. The first-order valence-electron chi connectivity index (χ1n) is 9.08. The molecule has 0 aliphatic rings. The van der Waals surface area contributed by atoms with Crippen molar-refractivity contribution in [2.45, 2.75) is 38.5 Å². The summed E-state index contributed by atoms with van der Waals surface area (Å²) in [6.45, 7) is 5.54. The van der Waals surface area contributed by atoms with E-state index in [4.69, 9.17) is 0 Å². The molecule has 0 aliphatic heterocycles. The molecule has 2 aromatic heterocycles. The molecule has 0 radical (unpaired) electrons. The summed E-state index contributed by atoms with van der Waals surface area (Å²) in [4.78, 5) is 21.6. The Bertz CT molecular complexity index is 958. The highest BCUT2D eigenvalue weighted by molar-refractivity contribution is 7.89. The molecular weight excluding hydrogens is 378 g/mol. The summed E-state index contributed by atoms with van der Waals surface area (Å²) in [5.41, 5.74) is 1.97. The molecule has 0 saturated carbocycles. The molecular formula is C19H27N5O3S. The number of rotatable bonds is 8. The van der Waals surface area contributed by atoms with Gasteiger partial charge in [0, 0.05) is 45.5 Å². The van der Waals surface area contributed by atoms with Crippen molar-refractivity contribution in [1.29, 1.82) is 0 Å². The molecule has 9 heteroatoms. The van der Waals surface area contributed by atoms with Crippen LogP contribution in [-0.2, 0) is 14.8 Å². The Morgan fingerprint density at radius 2 is 1.96 bits per heavy atom. The first-order valence-corrected chi connectivity index (χ1v) is 10.6. The van der Waals surface area contributed by atoms with Crippen LogP contribution in [0.15, 0.2) is 29.4 Å². The van der Waals surface area contributed by atoms with Crippen molar-refractivity contribution in [3.05, 3.63) is 30.1 Å². The van der Waals surface area contributed by atoms with Gasteiger partial charge < -0.3 is 10.2 Å². The first-order chi connectivity index (χ1) is 13.2. The van der Waals surface area contributed by atoms with Crippen molar-refractivity contribution in [3.63, 3.8) is 0 Å². The molecule has 1 amide bonds. The topological polar surface area (TPSA) is 104 Å². The number of pyridine rings is 2. The summed E-state index contributed by atoms with van der Waals surface area (Å²) in [6.07, 6.45) is 4.85. The molecule has 0 bridgehead atoms. The Labute approximate surface area is 166 Å². The van der Waals surface area contributed by atoms with Crippen LogP contribution in [0, 0.1) is 6.92 Å². The maximum atomic E-state index is 13.0. The Balaban J connectivity index is 2.59. The number of carbonyl (C=O) groups is 1. The lowest BCUT2D eigenvalue weighted by molar-refractivity contribution is -0.114. The highest BCUT2D eigenvalue weighted by Gasteiger charge is 2.25. The van der Waals surface area contributed by atoms with Crippen molar-refractivity contribution in [2.24, 2.45) is 0 Å². The van der Waals surface area contributed by atoms with E-state index in [0.29, 0.717) is 29.3 Å². The second-order valence-corrected chi connectivity index (χ2v) is 8.41. The molecule has 152 valence electrons. The van der Waals surface area contributed by atoms with Crippen LogP contribution in [0.4, 0.5) is 11.6 Å². The number of sulfonamides is 1. The minimum atomic E-state index is -3.74. The van der Waals surface area contributed by atoms with Crippen LogP contribution in [0.25, 0.3) is 11.1 Å². The van der Waals surface area contributed by atoms with Crippen molar-refractivity contribution in [1.82, 2.24) is 14.7 Å². The molecule has 0 spiro atoms. The van der Waals surface area contributed by atoms with Gasteiger partial charge in [0.1, 0.15) is 16.5 Å². The average molecular weight is 406 g/mol. The zero-order chi connectivity index (χ0) is 20.9. The van der Waals surface area contributed by atoms with E-state index in [1.807, 2.05) is 6.92 Å². The molecule has 0 atom stereocenters. The molecule has 0 fully saturated rings. The van der Waals surface area contributed by atoms with Gasteiger partial charge in [-0.3, -0.25) is 4.79 Å². The molecule has 28 heavy (non-hydrogen) atoms. The highest BCUT2D eigenvalue weighted by atomic mass is 32.2. The highest BCUT2D eigenvalue weighted by Crippen LogP contribution is 2.33. The van der Waals surface area contributed by atoms with Gasteiger partial charge in [-0.2, -0.15) is 0 Å². The largest absolute Gasteiger partial charge is 0.362 e. The van der Waals surface area contributed by atoms with Crippen molar-refractivity contribution < 1.29 is 13.2 Å². The molecule has 2 N–H and O–H groups in total. The number of nitrogens with zero attached hydrogens (tertiary/aromatic N) is 3. The first kappa shape index (κ1) is 21.8. The number of amides is 1. The van der Waals surface area contributed by atoms with E-state index < -0.39 is 10.0 Å². The minimum Gasteiger partial charge on any atom is -0.362 e. The second kappa shape index (κ2) is 9.11. The molecule has 0 aliphatic carbocycles. The number of carbonyl (C=O) groups excluding carboxylic acids is 1. The molecule has 0 unspecified atom stereocenters. The van der Waals surface area contributed by atoms with E-state index in [2.05, 4.69) is 20.0 Å². The van der Waals surface area contributed by atoms with Gasteiger partial charge in [-0.25, -0.2) is 23.1 Å². The smallest absolute Gasteiger partial charge is 0.244 e. The van der Waals surface area contributed by atoms with E-state index in [1.54, 1.807) is 50.4 Å². The van der Waals surface area contributed by atoms with Gasteiger partial charge in [0.05, 0.1) is 0 Å². The third-order valence-corrected chi connectivity index (χ3v) is 5.76. The average Bonchev–Trinajstić information content (AvgIpc) is 2.60. The summed E-state index contributed by atoms with van der Waals surface area (Å²) >= 11 is 0. The summed E-state index contributed by atoms with van der Waals surface area (Å²) in [7, 11) is -0.222. The van der Waals surface area contributed by atoms with Crippen LogP contribution >= 0.6 is 0 Å². The fraction of sp³-hybridized carbons (Fsp3) is 0.421. The van der Waals surface area contributed by atoms with Crippen LogP contribution in [0.3, 0.4) is 0 Å². The van der Waals surface area contributed by atoms with Gasteiger partial charge in [-0.05, 0) is 36.6 Å². The lowest BCUT2D eigenvalue weighted by Crippen LogP contribution is -2.28. The van der Waals surface area contributed by atoms with E-state index in [0.717, 1.165) is 18.4 Å². The zero-order valence-electron chi connectivity index (χ0n) is 16.9.